The van der Waals surface area contributed by atoms with Crippen LogP contribution in [0.2, 0.25) is 0 Å². The fourth-order valence-corrected chi connectivity index (χ4v) is 4.11. The molecular weight excluding hydrogens is 184 g/mol. The lowest BCUT2D eigenvalue weighted by Crippen LogP contribution is -2.24. The topological polar surface area (TPSA) is 13.1 Å². The molecule has 0 radical (unpaired) electrons. The fourth-order valence-electron chi connectivity index (χ4n) is 4.11. The molecule has 1 aromatic heterocycles. The maximum Gasteiger partial charge on any atom is 0.111 e. The summed E-state index contributed by atoms with van der Waals surface area (Å²) in [6.45, 7) is 2.08. The van der Waals surface area contributed by atoms with Crippen molar-refractivity contribution in [3.8, 4) is 0 Å². The first-order valence-electron chi connectivity index (χ1n) is 6.08. The van der Waals surface area contributed by atoms with Crippen LogP contribution in [0.3, 0.4) is 0 Å². The van der Waals surface area contributed by atoms with E-state index in [1.807, 2.05) is 0 Å². The summed E-state index contributed by atoms with van der Waals surface area (Å²) in [6.07, 6.45) is 10.4. The van der Waals surface area contributed by atoms with Crippen molar-refractivity contribution >= 4 is 0 Å². The predicted octanol–water partition coefficient (Wildman–Crippen LogP) is 3.90. The lowest BCUT2D eigenvalue weighted by Gasteiger charge is -2.34. The average Bonchev–Trinajstić information content (AvgIpc) is 2.85. The molecule has 78 valence electrons. The average molecular weight is 200 g/mol. The molecule has 2 bridgehead atoms. The molecule has 1 heterocycles. The van der Waals surface area contributed by atoms with E-state index >= 15 is 0 Å². The minimum absolute atomic E-state index is 0.488. The normalized spacial score (nSPS) is 40.6. The second kappa shape index (κ2) is 2.40. The predicted molar refractivity (Wildman–Crippen MR) is 59.0 cm³/mol. The lowest BCUT2D eigenvalue weighted by molar-refractivity contribution is 0.268. The van der Waals surface area contributed by atoms with Gasteiger partial charge in [-0.2, -0.15) is 0 Å². The van der Waals surface area contributed by atoms with Gasteiger partial charge in [-0.1, -0.05) is 18.6 Å². The summed E-state index contributed by atoms with van der Waals surface area (Å²) in [4.78, 5) is 0. The summed E-state index contributed by atoms with van der Waals surface area (Å²) in [7, 11) is 0. The second-order valence-electron chi connectivity index (χ2n) is 5.52. The number of furan rings is 1. The van der Waals surface area contributed by atoms with E-state index in [-0.39, 0.29) is 0 Å². The van der Waals surface area contributed by atoms with Gasteiger partial charge in [-0.15, -0.1) is 0 Å². The first-order chi connectivity index (χ1) is 7.28. The van der Waals surface area contributed by atoms with E-state index in [2.05, 4.69) is 25.1 Å². The number of fused-ring (bicyclic) bond motifs is 4. The molecule has 1 nitrogen and oxygen atoms in total. The van der Waals surface area contributed by atoms with Gasteiger partial charge in [0.15, 0.2) is 0 Å². The zero-order valence-electron chi connectivity index (χ0n) is 9.12. The van der Waals surface area contributed by atoms with Gasteiger partial charge >= 0.3 is 0 Å². The Morgan fingerprint density at radius 2 is 2.40 bits per heavy atom. The van der Waals surface area contributed by atoms with Crippen LogP contribution in [0.25, 0.3) is 0 Å². The Balaban J connectivity index is 1.98. The number of hydrogen-bond acceptors (Lipinski definition) is 1. The Kier molecular flexibility index (Phi) is 1.31. The van der Waals surface area contributed by atoms with Crippen molar-refractivity contribution in [3.05, 3.63) is 35.3 Å². The van der Waals surface area contributed by atoms with Crippen LogP contribution in [0.15, 0.2) is 22.6 Å². The molecule has 15 heavy (non-hydrogen) atoms. The van der Waals surface area contributed by atoms with Crippen LogP contribution in [0.5, 0.6) is 0 Å². The summed E-state index contributed by atoms with van der Waals surface area (Å²) in [5, 5.41) is 0. The molecule has 4 rings (SSSR count). The molecular formula is C14H16O. The van der Waals surface area contributed by atoms with E-state index < -0.39 is 0 Å². The van der Waals surface area contributed by atoms with Crippen LogP contribution in [0.4, 0.5) is 0 Å². The van der Waals surface area contributed by atoms with Crippen LogP contribution < -0.4 is 0 Å². The van der Waals surface area contributed by atoms with Gasteiger partial charge < -0.3 is 4.42 Å². The first kappa shape index (κ1) is 8.20. The van der Waals surface area contributed by atoms with Crippen molar-refractivity contribution in [3.63, 3.8) is 0 Å². The summed E-state index contributed by atoms with van der Waals surface area (Å²) in [6, 6.07) is 2.26. The van der Waals surface area contributed by atoms with Crippen molar-refractivity contribution in [2.45, 2.75) is 44.4 Å². The molecule has 0 amide bonds. The molecule has 3 atom stereocenters. The highest BCUT2D eigenvalue weighted by Gasteiger charge is 2.52. The number of aryl methyl sites for hydroxylation is 1. The molecule has 1 saturated carbocycles. The monoisotopic (exact) mass is 200 g/mol. The van der Waals surface area contributed by atoms with Gasteiger partial charge in [0.25, 0.3) is 0 Å². The van der Waals surface area contributed by atoms with Gasteiger partial charge in [0, 0.05) is 17.4 Å². The van der Waals surface area contributed by atoms with E-state index in [1.165, 1.54) is 37.0 Å². The van der Waals surface area contributed by atoms with Crippen molar-refractivity contribution < 1.29 is 4.42 Å². The molecule has 0 aliphatic heterocycles. The van der Waals surface area contributed by atoms with Gasteiger partial charge in [0.2, 0.25) is 0 Å². The highest BCUT2D eigenvalue weighted by atomic mass is 16.3. The summed E-state index contributed by atoms with van der Waals surface area (Å²) in [5.41, 5.74) is 1.98. The van der Waals surface area contributed by atoms with Gasteiger partial charge in [0.05, 0.1) is 0 Å². The van der Waals surface area contributed by atoms with Crippen LogP contribution in [-0.2, 0) is 0 Å². The molecule has 1 aromatic rings. The molecule has 3 aliphatic carbocycles. The minimum Gasteiger partial charge on any atom is -0.466 e. The van der Waals surface area contributed by atoms with E-state index in [4.69, 9.17) is 4.42 Å². The molecule has 3 aliphatic rings. The molecule has 0 N–H and O–H groups in total. The molecule has 1 fully saturated rings. The van der Waals surface area contributed by atoms with E-state index in [0.29, 0.717) is 17.3 Å². The second-order valence-corrected chi connectivity index (χ2v) is 5.52. The molecule has 0 unspecified atom stereocenters. The highest BCUT2D eigenvalue weighted by molar-refractivity contribution is 5.42. The number of allylic oxidation sites excluding steroid dienone is 2. The highest BCUT2D eigenvalue weighted by Crippen LogP contribution is 2.63. The lowest BCUT2D eigenvalue weighted by atomic mass is 9.69. The summed E-state index contributed by atoms with van der Waals surface area (Å²) in [5.74, 6) is 3.78. The van der Waals surface area contributed by atoms with Crippen LogP contribution in [-0.4, -0.2) is 0 Å². The zero-order chi connectivity index (χ0) is 10.0. The van der Waals surface area contributed by atoms with E-state index in [0.717, 1.165) is 5.76 Å². The Morgan fingerprint density at radius 1 is 1.47 bits per heavy atom. The maximum absolute atomic E-state index is 5.96. The van der Waals surface area contributed by atoms with Gasteiger partial charge in [-0.3, -0.25) is 0 Å². The van der Waals surface area contributed by atoms with Crippen molar-refractivity contribution in [1.29, 1.82) is 0 Å². The smallest absolute Gasteiger partial charge is 0.111 e. The van der Waals surface area contributed by atoms with Crippen LogP contribution >= 0.6 is 0 Å². The zero-order valence-corrected chi connectivity index (χ0v) is 9.12. The van der Waals surface area contributed by atoms with E-state index in [1.54, 1.807) is 0 Å². The Hall–Kier alpha value is -0.980. The van der Waals surface area contributed by atoms with Gasteiger partial charge in [-0.05, 0) is 37.7 Å². The Bertz CT molecular complexity index is 454. The summed E-state index contributed by atoms with van der Waals surface area (Å²) >= 11 is 0. The van der Waals surface area contributed by atoms with Crippen molar-refractivity contribution in [1.82, 2.24) is 0 Å². The third-order valence-electron chi connectivity index (χ3n) is 4.72. The Labute approximate surface area is 90.2 Å². The van der Waals surface area contributed by atoms with Gasteiger partial charge in [-0.25, -0.2) is 0 Å². The first-order valence-corrected chi connectivity index (χ1v) is 6.08. The fraction of sp³-hybridized carbons (Fsp3) is 0.571. The maximum atomic E-state index is 5.96. The van der Waals surface area contributed by atoms with Crippen molar-refractivity contribution in [2.24, 2.45) is 5.41 Å². The van der Waals surface area contributed by atoms with Crippen LogP contribution in [0.1, 0.15) is 54.6 Å². The Morgan fingerprint density at radius 3 is 3.33 bits per heavy atom. The molecule has 1 spiro atoms. The number of rotatable bonds is 0. The molecule has 1 heteroatoms. The third-order valence-corrected chi connectivity index (χ3v) is 4.72. The summed E-state index contributed by atoms with van der Waals surface area (Å²) < 4.78 is 5.96. The molecule has 0 aromatic carbocycles. The quantitative estimate of drug-likeness (QED) is 0.579. The number of hydrogen-bond donors (Lipinski definition) is 0. The van der Waals surface area contributed by atoms with Crippen LogP contribution in [0, 0.1) is 12.3 Å². The third kappa shape index (κ3) is 0.854. The minimum atomic E-state index is 0.488. The van der Waals surface area contributed by atoms with E-state index in [9.17, 15) is 0 Å². The largest absolute Gasteiger partial charge is 0.466 e. The standard InChI is InChI=1S/C14H16O/c1-9-7-11-10-4-6-14(8-10)5-2-3-12(14)13(11)15-9/h4,6-7,10,12H,2-3,5,8H2,1H3/t10-,12+,14+/m0/s1. The van der Waals surface area contributed by atoms with Crippen molar-refractivity contribution in [2.75, 3.05) is 0 Å². The van der Waals surface area contributed by atoms with Gasteiger partial charge in [0.1, 0.15) is 11.5 Å². The SMILES string of the molecule is Cc1cc2c(o1)[C@H]1CCC[C@]13C=C[C@H]2C3. The molecule has 0 saturated heterocycles.